The Bertz CT molecular complexity index is 1910. The first-order valence-electron chi connectivity index (χ1n) is 17.8. The number of ether oxygens (including phenoxy) is 1. The van der Waals surface area contributed by atoms with Crippen LogP contribution in [0, 0.1) is 17.1 Å². The number of rotatable bonds is 16. The molecule has 5 aromatic rings. The topological polar surface area (TPSA) is 139 Å². The molecule has 2 heterocycles. The number of carboxylic acid groups (broad SMARTS) is 1. The van der Waals surface area contributed by atoms with Gasteiger partial charge in [0.05, 0.1) is 39.5 Å². The summed E-state index contributed by atoms with van der Waals surface area (Å²) in [5, 5.41) is 34.7. The van der Waals surface area contributed by atoms with Crippen LogP contribution in [0.25, 0.3) is 22.5 Å². The molecule has 0 spiro atoms. The fourth-order valence-corrected chi connectivity index (χ4v) is 5.31. The summed E-state index contributed by atoms with van der Waals surface area (Å²) < 4.78 is 18.8. The van der Waals surface area contributed by atoms with Crippen molar-refractivity contribution in [3.63, 3.8) is 0 Å². The number of aromatic nitrogens is 4. The van der Waals surface area contributed by atoms with E-state index in [2.05, 4.69) is 34.2 Å². The zero-order chi connectivity index (χ0) is 37.1. The molecule has 5 rings (SSSR count). The van der Waals surface area contributed by atoms with Gasteiger partial charge in [0.15, 0.2) is 0 Å². The van der Waals surface area contributed by atoms with Crippen molar-refractivity contribution in [1.82, 2.24) is 20.4 Å². The predicted molar refractivity (Wildman–Crippen MR) is 198 cm³/mol. The van der Waals surface area contributed by atoms with Crippen LogP contribution in [0.1, 0.15) is 109 Å². The van der Waals surface area contributed by atoms with Gasteiger partial charge in [-0.1, -0.05) is 83.1 Å². The molecule has 9 nitrogen and oxygen atoms in total. The predicted octanol–water partition coefficient (Wildman–Crippen LogP) is 9.85. The van der Waals surface area contributed by atoms with Crippen molar-refractivity contribution in [3.05, 3.63) is 125 Å². The molecule has 52 heavy (non-hydrogen) atoms. The normalized spacial score (nSPS) is 10.5. The summed E-state index contributed by atoms with van der Waals surface area (Å²) >= 11 is 0. The molecule has 0 aliphatic rings. The van der Waals surface area contributed by atoms with Gasteiger partial charge in [-0.25, -0.2) is 14.0 Å². The number of halogens is 1. The van der Waals surface area contributed by atoms with Gasteiger partial charge in [0.25, 0.3) is 0 Å². The van der Waals surface area contributed by atoms with Crippen LogP contribution in [0.5, 0.6) is 5.75 Å². The zero-order valence-corrected chi connectivity index (χ0v) is 29.7. The number of carbonyl (C=O) groups excluding carboxylic acids is 1. The molecule has 0 aliphatic carbocycles. The molecule has 1 N–H and O–H groups in total. The summed E-state index contributed by atoms with van der Waals surface area (Å²) in [5.41, 5.74) is 5.70. The molecule has 0 aliphatic heterocycles. The van der Waals surface area contributed by atoms with Gasteiger partial charge in [-0.05, 0) is 86.3 Å². The highest BCUT2D eigenvalue weighted by Crippen LogP contribution is 2.21. The van der Waals surface area contributed by atoms with Crippen LogP contribution in [0.3, 0.4) is 0 Å². The van der Waals surface area contributed by atoms with E-state index in [0.29, 0.717) is 5.56 Å². The first kappa shape index (κ1) is 39.0. The Kier molecular flexibility index (Phi) is 15.6. The monoisotopic (exact) mass is 701 g/mol. The number of carbonyl (C=O) groups is 2. The van der Waals surface area contributed by atoms with Gasteiger partial charge in [0, 0.05) is 17.2 Å². The van der Waals surface area contributed by atoms with Crippen LogP contribution in [0.2, 0.25) is 0 Å². The van der Waals surface area contributed by atoms with E-state index in [1.807, 2.05) is 24.3 Å². The van der Waals surface area contributed by atoms with E-state index >= 15 is 0 Å². The molecule has 0 bridgehead atoms. The third-order valence-corrected chi connectivity index (χ3v) is 8.38. The molecule has 2 aromatic heterocycles. The average Bonchev–Trinajstić information content (AvgIpc) is 3.17. The molecular weight excluding hydrogens is 657 g/mol. The van der Waals surface area contributed by atoms with Crippen molar-refractivity contribution >= 4 is 11.9 Å². The van der Waals surface area contributed by atoms with E-state index in [0.717, 1.165) is 65.7 Å². The number of aromatic carboxylic acids is 1. The maximum Gasteiger partial charge on any atom is 0.343 e. The van der Waals surface area contributed by atoms with Gasteiger partial charge in [0.1, 0.15) is 17.6 Å². The summed E-state index contributed by atoms with van der Waals surface area (Å²) in [6.07, 6.45) is 12.9. The number of aryl methyl sites for hydroxylation is 2. The second-order valence-corrected chi connectivity index (χ2v) is 12.4. The number of esters is 1. The van der Waals surface area contributed by atoms with Gasteiger partial charge in [-0.2, -0.15) is 25.7 Å². The van der Waals surface area contributed by atoms with Crippen LogP contribution in [0.15, 0.2) is 91.0 Å². The quantitative estimate of drug-likeness (QED) is 0.0605. The molecular formula is C42H44FN5O4. The Morgan fingerprint density at radius 3 is 1.60 bits per heavy atom. The van der Waals surface area contributed by atoms with Crippen molar-refractivity contribution < 1.29 is 23.8 Å². The fourth-order valence-electron chi connectivity index (χ4n) is 5.31. The van der Waals surface area contributed by atoms with E-state index < -0.39 is 17.8 Å². The Balaban J connectivity index is 0.000000244. The largest absolute Gasteiger partial charge is 0.478 e. The molecule has 0 unspecified atom stereocenters. The lowest BCUT2D eigenvalue weighted by Crippen LogP contribution is -2.08. The molecule has 0 radical (unpaired) electrons. The summed E-state index contributed by atoms with van der Waals surface area (Å²) in [4.78, 5) is 23.1. The summed E-state index contributed by atoms with van der Waals surface area (Å²) in [6, 6.07) is 26.7. The molecule has 0 amide bonds. The zero-order valence-electron chi connectivity index (χ0n) is 29.7. The van der Waals surface area contributed by atoms with Crippen molar-refractivity contribution in [1.29, 1.82) is 5.26 Å². The Morgan fingerprint density at radius 1 is 0.654 bits per heavy atom. The van der Waals surface area contributed by atoms with Crippen LogP contribution in [0.4, 0.5) is 4.39 Å². The molecule has 268 valence electrons. The minimum atomic E-state index is -0.920. The van der Waals surface area contributed by atoms with E-state index in [1.165, 1.54) is 57.1 Å². The van der Waals surface area contributed by atoms with Crippen LogP contribution in [-0.2, 0) is 12.8 Å². The molecule has 3 aromatic carbocycles. The lowest BCUT2D eigenvalue weighted by Gasteiger charge is -2.06. The number of hydrogen-bond acceptors (Lipinski definition) is 8. The average molecular weight is 702 g/mol. The van der Waals surface area contributed by atoms with Gasteiger partial charge < -0.3 is 9.84 Å². The lowest BCUT2D eigenvalue weighted by molar-refractivity contribution is 0.0694. The Labute approximate surface area is 304 Å². The number of carboxylic acids is 1. The van der Waals surface area contributed by atoms with Crippen molar-refractivity contribution in [2.24, 2.45) is 0 Å². The highest BCUT2D eigenvalue weighted by molar-refractivity contribution is 5.91. The molecule has 0 saturated heterocycles. The van der Waals surface area contributed by atoms with Gasteiger partial charge in [0.2, 0.25) is 0 Å². The second kappa shape index (κ2) is 20.8. The number of benzene rings is 3. The number of nitriles is 1. The van der Waals surface area contributed by atoms with E-state index in [-0.39, 0.29) is 16.9 Å². The molecule has 10 heteroatoms. The van der Waals surface area contributed by atoms with Crippen molar-refractivity contribution in [2.45, 2.75) is 84.5 Å². The van der Waals surface area contributed by atoms with Gasteiger partial charge in [-0.15, -0.1) is 0 Å². The Morgan fingerprint density at radius 2 is 1.15 bits per heavy atom. The number of unbranched alkanes of at least 4 members (excludes halogenated alkanes) is 7. The van der Waals surface area contributed by atoms with Crippen molar-refractivity contribution in [2.75, 3.05) is 0 Å². The van der Waals surface area contributed by atoms with Crippen LogP contribution < -0.4 is 4.74 Å². The van der Waals surface area contributed by atoms with Crippen LogP contribution in [-0.4, -0.2) is 37.4 Å². The summed E-state index contributed by atoms with van der Waals surface area (Å²) in [6.45, 7) is 4.40. The molecule has 0 atom stereocenters. The summed E-state index contributed by atoms with van der Waals surface area (Å²) in [7, 11) is 0. The molecule has 0 saturated carbocycles. The first-order chi connectivity index (χ1) is 25.3. The van der Waals surface area contributed by atoms with Gasteiger partial charge >= 0.3 is 11.9 Å². The first-order valence-corrected chi connectivity index (χ1v) is 17.8. The minimum Gasteiger partial charge on any atom is -0.478 e. The smallest absolute Gasteiger partial charge is 0.343 e. The van der Waals surface area contributed by atoms with Crippen molar-refractivity contribution in [3.8, 4) is 34.3 Å². The maximum atomic E-state index is 13.6. The minimum absolute atomic E-state index is 0.0426. The number of nitrogens with zero attached hydrogens (tertiary/aromatic N) is 5. The maximum absolute atomic E-state index is 13.6. The highest BCUT2D eigenvalue weighted by Gasteiger charge is 2.12. The van der Waals surface area contributed by atoms with E-state index in [4.69, 9.17) is 15.1 Å². The SMILES string of the molecule is CCCCCCCc1ccc(-c2ccc(C(=O)O)cc2)nn1.CCCCCCc1ccc(-c2ccc(C(=O)Oc3ccc(C#N)c(F)c3)cc2)nn1. The van der Waals surface area contributed by atoms with E-state index in [9.17, 15) is 14.0 Å². The van der Waals surface area contributed by atoms with Gasteiger partial charge in [-0.3, -0.25) is 0 Å². The fraction of sp³-hybridized carbons (Fsp3) is 0.310. The lowest BCUT2D eigenvalue weighted by atomic mass is 10.1. The Hall–Kier alpha value is -5.82. The summed E-state index contributed by atoms with van der Waals surface area (Å²) in [5.74, 6) is -2.22. The second-order valence-electron chi connectivity index (χ2n) is 12.4. The standard InChI is InChI=1S/C24H22FN3O2.C18H22N2O2/c1-2-3-4-5-6-20-12-14-23(28-27-20)17-7-9-18(10-8-17)24(29)30-21-13-11-19(16-26)22(25)15-21;1-2-3-4-5-6-7-16-12-13-17(20-19-16)14-8-10-15(11-9-14)18(21)22/h7-15H,2-6H2,1H3;8-13H,2-7H2,1H3,(H,21,22). The molecule has 0 fully saturated rings. The van der Waals surface area contributed by atoms with Crippen LogP contribution >= 0.6 is 0 Å². The van der Waals surface area contributed by atoms with E-state index in [1.54, 1.807) is 54.6 Å². The third-order valence-electron chi connectivity index (χ3n) is 8.38. The highest BCUT2D eigenvalue weighted by atomic mass is 19.1. The number of hydrogen-bond donors (Lipinski definition) is 1. The third kappa shape index (κ3) is 12.2.